The summed E-state index contributed by atoms with van der Waals surface area (Å²) >= 11 is 4.44. The molecule has 0 aromatic heterocycles. The third-order valence-corrected chi connectivity index (χ3v) is 2.69. The lowest BCUT2D eigenvalue weighted by Gasteiger charge is -2.00. The second-order valence-corrected chi connectivity index (χ2v) is 4.89. The van der Waals surface area contributed by atoms with Gasteiger partial charge in [0, 0.05) is 11.2 Å². The van der Waals surface area contributed by atoms with Crippen LogP contribution in [-0.4, -0.2) is 15.6 Å². The number of hydrogen-bond donors (Lipinski definition) is 1. The average Bonchev–Trinajstić information content (AvgIpc) is 2.04. The predicted octanol–water partition coefficient (Wildman–Crippen LogP) is 2.46. The van der Waals surface area contributed by atoms with Crippen molar-refractivity contribution in [1.29, 1.82) is 4.78 Å². The van der Waals surface area contributed by atoms with Gasteiger partial charge in [-0.25, -0.2) is 8.99 Å². The highest BCUT2D eigenvalue weighted by atomic mass is 32.2. The molecule has 0 saturated carbocycles. The molecule has 0 aliphatic carbocycles. The van der Waals surface area contributed by atoms with Crippen LogP contribution in [0.5, 0.6) is 0 Å². The van der Waals surface area contributed by atoms with Crippen molar-refractivity contribution in [3.63, 3.8) is 0 Å². The van der Waals surface area contributed by atoms with E-state index < -0.39 is 9.73 Å². The van der Waals surface area contributed by atoms with Crippen molar-refractivity contribution in [1.82, 2.24) is 0 Å². The minimum Gasteiger partial charge on any atom is -0.249 e. The molecular formula is C8H8N2OS2. The Balaban J connectivity index is 3.28. The lowest BCUT2D eigenvalue weighted by atomic mass is 10.3. The fourth-order valence-corrected chi connectivity index (χ4v) is 1.64. The molecule has 0 aliphatic rings. The summed E-state index contributed by atoms with van der Waals surface area (Å²) in [4.78, 5) is 4.19. The van der Waals surface area contributed by atoms with Gasteiger partial charge in [0.05, 0.1) is 20.6 Å². The predicted molar refractivity (Wildman–Crippen MR) is 56.2 cm³/mol. The highest BCUT2D eigenvalue weighted by Gasteiger charge is 2.02. The van der Waals surface area contributed by atoms with Gasteiger partial charge in [-0.1, -0.05) is 6.07 Å². The first-order valence-corrected chi connectivity index (χ1v) is 5.83. The maximum atomic E-state index is 11.3. The molecule has 0 radical (unpaired) electrons. The summed E-state index contributed by atoms with van der Waals surface area (Å²) in [6, 6.07) is 6.62. The lowest BCUT2D eigenvalue weighted by molar-refractivity contribution is 0.679. The second kappa shape index (κ2) is 3.79. The summed E-state index contributed by atoms with van der Waals surface area (Å²) in [5.41, 5.74) is 0.578. The fraction of sp³-hybridized carbons (Fsp3) is 0.125. The summed E-state index contributed by atoms with van der Waals surface area (Å²) in [6.07, 6.45) is 1.37. The summed E-state index contributed by atoms with van der Waals surface area (Å²) in [5, 5.41) is 2.22. The Labute approximate surface area is 82.5 Å². The van der Waals surface area contributed by atoms with Crippen molar-refractivity contribution >= 4 is 32.8 Å². The molecule has 13 heavy (non-hydrogen) atoms. The molecule has 0 spiro atoms. The molecule has 0 saturated heterocycles. The summed E-state index contributed by atoms with van der Waals surface area (Å²) in [7, 11) is -2.67. The molecule has 0 heterocycles. The molecule has 1 rings (SSSR count). The highest BCUT2D eigenvalue weighted by Crippen LogP contribution is 2.17. The van der Waals surface area contributed by atoms with Crippen molar-refractivity contribution in [2.75, 3.05) is 6.26 Å². The van der Waals surface area contributed by atoms with E-state index in [1.807, 2.05) is 0 Å². The monoisotopic (exact) mass is 212 g/mol. The molecule has 3 nitrogen and oxygen atoms in total. The van der Waals surface area contributed by atoms with Crippen LogP contribution in [0.15, 0.2) is 34.2 Å². The molecule has 68 valence electrons. The Morgan fingerprint density at radius 3 is 2.85 bits per heavy atom. The first-order chi connectivity index (χ1) is 6.04. The van der Waals surface area contributed by atoms with Crippen LogP contribution >= 0.6 is 12.2 Å². The van der Waals surface area contributed by atoms with Crippen LogP contribution in [0.25, 0.3) is 0 Å². The lowest BCUT2D eigenvalue weighted by Crippen LogP contribution is -1.93. The van der Waals surface area contributed by atoms with Gasteiger partial charge in [-0.05, 0) is 30.4 Å². The molecule has 0 amide bonds. The first-order valence-electron chi connectivity index (χ1n) is 3.46. The van der Waals surface area contributed by atoms with Crippen molar-refractivity contribution < 1.29 is 4.21 Å². The van der Waals surface area contributed by atoms with Crippen LogP contribution in [0.3, 0.4) is 0 Å². The van der Waals surface area contributed by atoms with Crippen LogP contribution < -0.4 is 0 Å². The van der Waals surface area contributed by atoms with E-state index in [-0.39, 0.29) is 0 Å². The Morgan fingerprint density at radius 2 is 2.31 bits per heavy atom. The quantitative estimate of drug-likeness (QED) is 0.604. The average molecular weight is 212 g/mol. The van der Waals surface area contributed by atoms with Crippen LogP contribution in [0.4, 0.5) is 5.69 Å². The molecule has 0 fully saturated rings. The van der Waals surface area contributed by atoms with Crippen LogP contribution in [-0.2, 0) is 9.73 Å². The zero-order chi connectivity index (χ0) is 9.90. The number of nitrogens with one attached hydrogen (secondary N) is 1. The van der Waals surface area contributed by atoms with Gasteiger partial charge in [0.25, 0.3) is 0 Å². The molecule has 5 heteroatoms. The van der Waals surface area contributed by atoms with E-state index in [9.17, 15) is 4.21 Å². The number of hydrogen-bond acceptors (Lipinski definition) is 4. The number of benzene rings is 1. The molecular weight excluding hydrogens is 204 g/mol. The Kier molecular flexibility index (Phi) is 2.93. The number of isothiocyanates is 1. The number of aliphatic imine (C=N–C) groups is 1. The van der Waals surface area contributed by atoms with E-state index >= 15 is 0 Å². The Bertz CT molecular complexity index is 459. The summed E-state index contributed by atoms with van der Waals surface area (Å²) < 4.78 is 18.7. The van der Waals surface area contributed by atoms with E-state index in [2.05, 4.69) is 22.4 Å². The summed E-state index contributed by atoms with van der Waals surface area (Å²) in [5.74, 6) is 0. The Hall–Kier alpha value is -1.03. The van der Waals surface area contributed by atoms with Crippen LogP contribution in [0.1, 0.15) is 0 Å². The zero-order valence-electron chi connectivity index (χ0n) is 6.98. The molecule has 0 bridgehead atoms. The van der Waals surface area contributed by atoms with Gasteiger partial charge in [-0.15, -0.1) is 0 Å². The van der Waals surface area contributed by atoms with E-state index in [0.29, 0.717) is 10.6 Å². The zero-order valence-corrected chi connectivity index (χ0v) is 8.61. The minimum absolute atomic E-state index is 0.457. The maximum absolute atomic E-state index is 11.3. The normalized spacial score (nSPS) is 14.2. The number of rotatable bonds is 2. The number of thiocarbonyl (C=S) groups is 1. The molecule has 1 atom stereocenters. The van der Waals surface area contributed by atoms with Crippen molar-refractivity contribution in [3.05, 3.63) is 24.3 Å². The van der Waals surface area contributed by atoms with Crippen LogP contribution in [0, 0.1) is 4.78 Å². The third kappa shape index (κ3) is 2.73. The smallest absolute Gasteiger partial charge is 0.0751 e. The highest BCUT2D eigenvalue weighted by molar-refractivity contribution is 7.91. The van der Waals surface area contributed by atoms with Gasteiger partial charge < -0.3 is 0 Å². The van der Waals surface area contributed by atoms with E-state index in [0.717, 1.165) is 0 Å². The first kappa shape index (κ1) is 10.1. The van der Waals surface area contributed by atoms with Gasteiger partial charge in [0.1, 0.15) is 0 Å². The van der Waals surface area contributed by atoms with Crippen LogP contribution in [0.2, 0.25) is 0 Å². The van der Waals surface area contributed by atoms with E-state index in [4.69, 9.17) is 4.78 Å². The molecule has 1 aromatic carbocycles. The van der Waals surface area contributed by atoms with E-state index in [1.54, 1.807) is 24.3 Å². The van der Waals surface area contributed by atoms with Gasteiger partial charge in [0.15, 0.2) is 0 Å². The second-order valence-electron chi connectivity index (χ2n) is 2.54. The molecule has 0 aliphatic heterocycles. The maximum Gasteiger partial charge on any atom is 0.0751 e. The standard InChI is InChI=1S/C8H8N2OS2/c1-13(9,11)8-4-2-3-7(5-8)10-6-12/h2-5,9H,1H3. The van der Waals surface area contributed by atoms with Crippen molar-refractivity contribution in [2.24, 2.45) is 4.99 Å². The molecule has 1 N–H and O–H groups in total. The van der Waals surface area contributed by atoms with Crippen molar-refractivity contribution in [3.8, 4) is 0 Å². The third-order valence-electron chi connectivity index (χ3n) is 1.44. The van der Waals surface area contributed by atoms with Gasteiger partial charge in [-0.3, -0.25) is 0 Å². The molecule has 1 unspecified atom stereocenters. The van der Waals surface area contributed by atoms with Gasteiger partial charge in [0.2, 0.25) is 0 Å². The minimum atomic E-state index is -2.67. The van der Waals surface area contributed by atoms with Gasteiger partial charge in [-0.2, -0.15) is 4.99 Å². The largest absolute Gasteiger partial charge is 0.249 e. The topological polar surface area (TPSA) is 53.3 Å². The van der Waals surface area contributed by atoms with Gasteiger partial charge >= 0.3 is 0 Å². The van der Waals surface area contributed by atoms with E-state index in [1.165, 1.54) is 6.26 Å². The summed E-state index contributed by atoms with van der Waals surface area (Å²) in [6.45, 7) is 0. The fourth-order valence-electron chi connectivity index (χ4n) is 0.848. The molecule has 1 aromatic rings. The Morgan fingerprint density at radius 1 is 1.62 bits per heavy atom. The number of nitrogens with zero attached hydrogens (tertiary/aromatic N) is 1. The SMILES string of the molecule is CS(=N)(=O)c1cccc(N=C=S)c1. The van der Waals surface area contributed by atoms with Crippen molar-refractivity contribution in [2.45, 2.75) is 4.90 Å².